The number of carbonyl (C=O) groups is 1. The third kappa shape index (κ3) is 3.49. The standard InChI is InChI=1S/C20H18FI2N5O2/c1-30-19-11(21)3-2-4-12(19)25-18-16-13-7-15(27-20(16)29)22-9-23-28-14-8-24-6-5-10(14)17(18)26-13/h2-6,8,15,25-26,28H,7,9H2,1H3,(H,27,29)/q-2. The van der Waals surface area contributed by atoms with E-state index in [9.17, 15) is 9.18 Å². The number of rotatable bonds is 3. The number of methoxy groups -OCH3 is 1. The SMILES string of the molecule is COc1c(F)cccc1Nc1c2[nH]c3c1C(=O)NC(C3)[I-]C[I-]Nc1cnccc1-2. The van der Waals surface area contributed by atoms with E-state index < -0.39 is 5.82 Å². The summed E-state index contributed by atoms with van der Waals surface area (Å²) in [6, 6.07) is 6.63. The number of hydrogen-bond acceptors (Lipinski definition) is 5. The minimum absolute atomic E-state index is 0.0938. The molecular formula is C20H18FI2N5O2-2. The molecule has 158 valence electrons. The van der Waals surface area contributed by atoms with Crippen LogP contribution >= 0.6 is 0 Å². The van der Waals surface area contributed by atoms with E-state index in [-0.39, 0.29) is 58.4 Å². The molecule has 1 amide bonds. The van der Waals surface area contributed by atoms with Gasteiger partial charge in [0.2, 0.25) is 0 Å². The molecular weight excluding hydrogens is 615 g/mol. The van der Waals surface area contributed by atoms with Crippen LogP contribution in [0.3, 0.4) is 0 Å². The van der Waals surface area contributed by atoms with E-state index in [0.717, 1.165) is 31.5 Å². The fourth-order valence-electron chi connectivity index (χ4n) is 3.65. The van der Waals surface area contributed by atoms with Crippen molar-refractivity contribution in [2.45, 2.75) is 10.5 Å². The topological polar surface area (TPSA) is 91.1 Å². The van der Waals surface area contributed by atoms with Gasteiger partial charge in [-0.3, -0.25) is 0 Å². The second-order valence-corrected chi connectivity index (χ2v) is 14.9. The molecule has 30 heavy (non-hydrogen) atoms. The first-order valence-corrected chi connectivity index (χ1v) is 14.5. The summed E-state index contributed by atoms with van der Waals surface area (Å²) < 4.78 is 24.5. The molecule has 2 aliphatic rings. The number of amides is 1. The third-order valence-electron chi connectivity index (χ3n) is 4.96. The van der Waals surface area contributed by atoms with Crippen LogP contribution in [0.25, 0.3) is 11.3 Å². The molecule has 4 heterocycles. The van der Waals surface area contributed by atoms with E-state index in [1.165, 1.54) is 13.2 Å². The van der Waals surface area contributed by atoms with Crippen LogP contribution in [-0.2, 0) is 6.42 Å². The monoisotopic (exact) mass is 633 g/mol. The first kappa shape index (κ1) is 19.8. The van der Waals surface area contributed by atoms with Gasteiger partial charge in [0.1, 0.15) is 0 Å². The molecule has 1 unspecified atom stereocenters. The Morgan fingerprint density at radius 1 is 1.33 bits per heavy atom. The summed E-state index contributed by atoms with van der Waals surface area (Å²) in [6.07, 6.45) is 4.34. The summed E-state index contributed by atoms with van der Waals surface area (Å²) in [6.45, 7) is 0. The van der Waals surface area contributed by atoms with Crippen LogP contribution in [-0.4, -0.2) is 29.5 Å². The second-order valence-electron chi connectivity index (χ2n) is 6.72. The van der Waals surface area contributed by atoms with E-state index in [0.29, 0.717) is 16.9 Å². The quantitative estimate of drug-likeness (QED) is 0.107. The summed E-state index contributed by atoms with van der Waals surface area (Å²) in [7, 11) is 1.43. The van der Waals surface area contributed by atoms with Gasteiger partial charge < -0.3 is 0 Å². The normalized spacial score (nSPS) is 17.9. The van der Waals surface area contributed by atoms with Crippen molar-refractivity contribution in [3.05, 3.63) is 53.7 Å². The molecule has 3 aromatic rings. The molecule has 10 heteroatoms. The summed E-state index contributed by atoms with van der Waals surface area (Å²) in [5.41, 5.74) is 5.25. The molecule has 7 nitrogen and oxygen atoms in total. The van der Waals surface area contributed by atoms with E-state index in [1.54, 1.807) is 18.3 Å². The van der Waals surface area contributed by atoms with Crippen molar-refractivity contribution >= 4 is 23.0 Å². The minimum atomic E-state index is -0.465. The van der Waals surface area contributed by atoms with Gasteiger partial charge in [-0.25, -0.2) is 0 Å². The Hall–Kier alpha value is -2.09. The van der Waals surface area contributed by atoms with Crippen molar-refractivity contribution < 1.29 is 56.6 Å². The number of H-pyrrole nitrogens is 1. The van der Waals surface area contributed by atoms with E-state index in [4.69, 9.17) is 4.74 Å². The molecule has 0 radical (unpaired) electrons. The molecule has 0 fully saturated rings. The van der Waals surface area contributed by atoms with Gasteiger partial charge in [0.25, 0.3) is 0 Å². The zero-order valence-corrected chi connectivity index (χ0v) is 20.2. The Morgan fingerprint density at radius 2 is 2.23 bits per heavy atom. The number of anilines is 3. The van der Waals surface area contributed by atoms with Gasteiger partial charge in [-0.15, -0.1) is 0 Å². The predicted molar refractivity (Wildman–Crippen MR) is 104 cm³/mol. The number of ether oxygens (including phenoxy) is 1. The van der Waals surface area contributed by atoms with E-state index >= 15 is 0 Å². The second kappa shape index (κ2) is 8.21. The molecule has 1 aromatic carbocycles. The molecule has 2 aromatic heterocycles. The fraction of sp³-hybridized carbons (Fsp3) is 0.200. The van der Waals surface area contributed by atoms with Crippen molar-refractivity contribution in [2.75, 3.05) is 18.4 Å². The van der Waals surface area contributed by atoms with Crippen LogP contribution in [0, 0.1) is 5.82 Å². The van der Waals surface area contributed by atoms with Crippen LogP contribution in [0.5, 0.6) is 5.75 Å². The molecule has 3 bridgehead atoms. The number of fused-ring (bicyclic) bond motifs is 4. The molecule has 2 aliphatic heterocycles. The van der Waals surface area contributed by atoms with Gasteiger partial charge in [-0.05, 0) is 0 Å². The van der Waals surface area contributed by atoms with Gasteiger partial charge in [-0.2, -0.15) is 0 Å². The van der Waals surface area contributed by atoms with Crippen LogP contribution in [0.2, 0.25) is 0 Å². The number of nitrogens with zero attached hydrogens (tertiary/aromatic N) is 1. The van der Waals surface area contributed by atoms with Crippen LogP contribution < -0.4 is 61.6 Å². The van der Waals surface area contributed by atoms with Crippen molar-refractivity contribution in [1.29, 1.82) is 0 Å². The van der Waals surface area contributed by atoms with Crippen molar-refractivity contribution in [3.8, 4) is 17.0 Å². The molecule has 0 spiro atoms. The van der Waals surface area contributed by atoms with Gasteiger partial charge in [0.05, 0.1) is 0 Å². The van der Waals surface area contributed by atoms with Gasteiger partial charge >= 0.3 is 194 Å². The Bertz CT molecular complexity index is 1140. The number of nitrogens with one attached hydrogen (secondary N) is 4. The van der Waals surface area contributed by atoms with Crippen LogP contribution in [0.4, 0.5) is 21.5 Å². The number of aromatic nitrogens is 2. The molecule has 0 saturated heterocycles. The maximum atomic E-state index is 14.3. The van der Waals surface area contributed by atoms with Gasteiger partial charge in [0, 0.05) is 0 Å². The summed E-state index contributed by atoms with van der Waals surface area (Å²) in [4.78, 5) is 20.8. The Kier molecular flexibility index (Phi) is 5.43. The van der Waals surface area contributed by atoms with Crippen LogP contribution in [0.15, 0.2) is 36.7 Å². The van der Waals surface area contributed by atoms with Crippen molar-refractivity contribution in [2.24, 2.45) is 0 Å². The first-order chi connectivity index (χ1) is 14.7. The molecule has 0 aliphatic carbocycles. The summed E-state index contributed by atoms with van der Waals surface area (Å²) in [5.74, 6) is -0.449. The average molecular weight is 633 g/mol. The molecule has 5 rings (SSSR count). The zero-order valence-electron chi connectivity index (χ0n) is 15.9. The van der Waals surface area contributed by atoms with Gasteiger partial charge in [-0.1, -0.05) is 0 Å². The Morgan fingerprint density at radius 3 is 3.10 bits per heavy atom. The third-order valence-corrected chi connectivity index (χ3v) is 12.5. The van der Waals surface area contributed by atoms with E-state index in [1.807, 2.05) is 12.3 Å². The zero-order chi connectivity index (χ0) is 20.7. The predicted octanol–water partition coefficient (Wildman–Crippen LogP) is -2.94. The fourth-order valence-corrected chi connectivity index (χ4v) is 11.2. The number of benzene rings is 1. The first-order valence-electron chi connectivity index (χ1n) is 9.17. The van der Waals surface area contributed by atoms with Crippen molar-refractivity contribution in [1.82, 2.24) is 15.3 Å². The number of hydrogen-bond donors (Lipinski definition) is 4. The number of halogens is 3. The number of carbonyl (C=O) groups excluding carboxylic acids is 1. The summed E-state index contributed by atoms with van der Waals surface area (Å²) >= 11 is -0.384. The maximum absolute atomic E-state index is 14.3. The molecule has 0 saturated carbocycles. The molecule has 4 N–H and O–H groups in total. The Labute approximate surface area is 193 Å². The van der Waals surface area contributed by atoms with E-state index in [2.05, 4.69) is 24.1 Å². The van der Waals surface area contributed by atoms with Crippen molar-refractivity contribution in [3.63, 3.8) is 0 Å². The van der Waals surface area contributed by atoms with Crippen LogP contribution in [0.1, 0.15) is 16.1 Å². The Balaban J connectivity index is 1.72. The number of para-hydroxylation sites is 1. The average Bonchev–Trinajstić information content (AvgIpc) is 3.08. The number of alkyl halides is 3. The van der Waals surface area contributed by atoms with Gasteiger partial charge in [0.15, 0.2) is 0 Å². The molecule has 1 atom stereocenters. The summed E-state index contributed by atoms with van der Waals surface area (Å²) in [5, 5.41) is 6.47. The number of aromatic amines is 1. The number of pyridine rings is 1.